The Morgan fingerprint density at radius 1 is 0.429 bits per heavy atom. The summed E-state index contributed by atoms with van der Waals surface area (Å²) in [4.78, 5) is 12.7. The standard InChI is InChI=1S/C9H21N3O3.C8H19N3O2/c13-4-1-10-7-11(2-5-14)9-12(8-10)3-6-15;1-9-6-10(2-4-12)8-11(7-9)3-5-13/h13-15H,1-9H2;12-13H,2-8H2,1H3. The predicted molar refractivity (Wildman–Crippen MR) is 106 cm³/mol. The van der Waals surface area contributed by atoms with Crippen LogP contribution in [0.2, 0.25) is 0 Å². The third-order valence-corrected chi connectivity index (χ3v) is 4.56. The summed E-state index contributed by atoms with van der Waals surface area (Å²) in [7, 11) is 2.04. The highest BCUT2D eigenvalue weighted by atomic mass is 16.3. The largest absolute Gasteiger partial charge is 0.395 e. The minimum absolute atomic E-state index is 0.139. The van der Waals surface area contributed by atoms with Gasteiger partial charge in [-0.05, 0) is 7.05 Å². The molecule has 11 nitrogen and oxygen atoms in total. The molecule has 11 heteroatoms. The summed E-state index contributed by atoms with van der Waals surface area (Å²) >= 11 is 0. The fourth-order valence-corrected chi connectivity index (χ4v) is 3.50. The number of β-amino-alcohol motifs (C(OH)–C–C–N with tert-alkyl or cyclic N) is 5. The number of hydrogen-bond acceptors (Lipinski definition) is 11. The summed E-state index contributed by atoms with van der Waals surface area (Å²) in [6, 6.07) is 0. The maximum Gasteiger partial charge on any atom is 0.0559 e. The molecule has 168 valence electrons. The fraction of sp³-hybridized carbons (Fsp3) is 1.00. The number of nitrogens with zero attached hydrogens (tertiary/aromatic N) is 6. The van der Waals surface area contributed by atoms with Crippen LogP contribution in [0.4, 0.5) is 0 Å². The maximum absolute atomic E-state index is 8.87. The van der Waals surface area contributed by atoms with Gasteiger partial charge < -0.3 is 25.5 Å². The molecule has 28 heavy (non-hydrogen) atoms. The Morgan fingerprint density at radius 3 is 0.857 bits per heavy atom. The zero-order valence-corrected chi connectivity index (χ0v) is 17.2. The average molecular weight is 409 g/mol. The third kappa shape index (κ3) is 10.4. The van der Waals surface area contributed by atoms with Crippen LogP contribution in [-0.2, 0) is 0 Å². The molecule has 0 aromatic carbocycles. The van der Waals surface area contributed by atoms with Crippen molar-refractivity contribution in [1.29, 1.82) is 0 Å². The number of aliphatic hydroxyl groups is 5. The Labute approximate surface area is 168 Å². The molecule has 2 aliphatic rings. The first-order chi connectivity index (χ1) is 13.6. The van der Waals surface area contributed by atoms with Crippen molar-refractivity contribution < 1.29 is 25.5 Å². The Hall–Kier alpha value is -0.440. The fourth-order valence-electron chi connectivity index (χ4n) is 3.50. The summed E-state index contributed by atoms with van der Waals surface area (Å²) in [5.41, 5.74) is 0. The molecule has 0 spiro atoms. The predicted octanol–water partition coefficient (Wildman–Crippen LogP) is -3.85. The van der Waals surface area contributed by atoms with Gasteiger partial charge in [0.05, 0.1) is 73.0 Å². The molecule has 0 aromatic heterocycles. The first-order valence-electron chi connectivity index (χ1n) is 9.90. The highest BCUT2D eigenvalue weighted by molar-refractivity contribution is 4.69. The molecule has 2 heterocycles. The zero-order chi connectivity index (χ0) is 20.8. The highest BCUT2D eigenvalue weighted by Crippen LogP contribution is 2.06. The van der Waals surface area contributed by atoms with Crippen molar-refractivity contribution >= 4 is 0 Å². The molecule has 0 aliphatic carbocycles. The Bertz CT molecular complexity index is 335. The summed E-state index contributed by atoms with van der Waals surface area (Å²) in [6.07, 6.45) is 0. The average Bonchev–Trinajstić information content (AvgIpc) is 2.63. The smallest absolute Gasteiger partial charge is 0.0559 e. The van der Waals surface area contributed by atoms with Crippen molar-refractivity contribution in [2.24, 2.45) is 0 Å². The van der Waals surface area contributed by atoms with Crippen LogP contribution in [0.15, 0.2) is 0 Å². The van der Waals surface area contributed by atoms with Gasteiger partial charge in [0.25, 0.3) is 0 Å². The summed E-state index contributed by atoms with van der Waals surface area (Å²) in [6.45, 7) is 9.02. The van der Waals surface area contributed by atoms with Crippen LogP contribution in [-0.4, -0.2) is 168 Å². The van der Waals surface area contributed by atoms with Crippen LogP contribution in [0.5, 0.6) is 0 Å². The summed E-state index contributed by atoms with van der Waals surface area (Å²) in [5, 5.41) is 44.2. The van der Waals surface area contributed by atoms with Crippen LogP contribution >= 0.6 is 0 Å². The van der Waals surface area contributed by atoms with Crippen LogP contribution in [0, 0.1) is 0 Å². The molecule has 0 bridgehead atoms. The van der Waals surface area contributed by atoms with Gasteiger partial charge in [-0.3, -0.25) is 29.4 Å². The summed E-state index contributed by atoms with van der Waals surface area (Å²) < 4.78 is 0. The van der Waals surface area contributed by atoms with Gasteiger partial charge in [0.15, 0.2) is 0 Å². The van der Waals surface area contributed by atoms with E-state index in [0.717, 1.165) is 40.0 Å². The van der Waals surface area contributed by atoms with E-state index in [1.54, 1.807) is 0 Å². The van der Waals surface area contributed by atoms with E-state index < -0.39 is 0 Å². The first kappa shape index (κ1) is 25.6. The van der Waals surface area contributed by atoms with Gasteiger partial charge >= 0.3 is 0 Å². The van der Waals surface area contributed by atoms with Crippen molar-refractivity contribution in [3.8, 4) is 0 Å². The monoisotopic (exact) mass is 408 g/mol. The van der Waals surface area contributed by atoms with E-state index in [1.165, 1.54) is 0 Å². The van der Waals surface area contributed by atoms with E-state index in [4.69, 9.17) is 25.5 Å². The zero-order valence-electron chi connectivity index (χ0n) is 17.2. The van der Waals surface area contributed by atoms with Gasteiger partial charge in [0.2, 0.25) is 0 Å². The molecule has 2 fully saturated rings. The molecule has 2 saturated heterocycles. The molecule has 0 saturated carbocycles. The number of aliphatic hydroxyl groups excluding tert-OH is 5. The molecule has 0 atom stereocenters. The Balaban J connectivity index is 0.000000283. The van der Waals surface area contributed by atoms with E-state index in [0.29, 0.717) is 32.7 Å². The van der Waals surface area contributed by atoms with Crippen molar-refractivity contribution in [3.63, 3.8) is 0 Å². The van der Waals surface area contributed by atoms with E-state index in [2.05, 4.69) is 29.4 Å². The van der Waals surface area contributed by atoms with Crippen LogP contribution in [0.25, 0.3) is 0 Å². The van der Waals surface area contributed by atoms with E-state index in [9.17, 15) is 0 Å². The molecular weight excluding hydrogens is 368 g/mol. The maximum atomic E-state index is 8.87. The van der Waals surface area contributed by atoms with E-state index in [1.807, 2.05) is 7.05 Å². The van der Waals surface area contributed by atoms with Gasteiger partial charge in [0.1, 0.15) is 0 Å². The van der Waals surface area contributed by atoms with Gasteiger partial charge in [-0.1, -0.05) is 0 Å². The number of hydrogen-bond donors (Lipinski definition) is 5. The van der Waals surface area contributed by atoms with Crippen LogP contribution < -0.4 is 0 Å². The Morgan fingerprint density at radius 2 is 0.643 bits per heavy atom. The lowest BCUT2D eigenvalue weighted by Gasteiger charge is -2.41. The van der Waals surface area contributed by atoms with Crippen molar-refractivity contribution in [2.75, 3.05) is 113 Å². The normalized spacial score (nSPS) is 21.6. The second kappa shape index (κ2) is 15.4. The molecule has 5 N–H and O–H groups in total. The second-order valence-electron chi connectivity index (χ2n) is 7.29. The summed E-state index contributed by atoms with van der Waals surface area (Å²) in [5.74, 6) is 0. The molecule has 0 aromatic rings. The third-order valence-electron chi connectivity index (χ3n) is 4.56. The van der Waals surface area contributed by atoms with Gasteiger partial charge in [-0.25, -0.2) is 0 Å². The first-order valence-corrected chi connectivity index (χ1v) is 9.90. The minimum Gasteiger partial charge on any atom is -0.395 e. The topological polar surface area (TPSA) is 121 Å². The van der Waals surface area contributed by atoms with E-state index >= 15 is 0 Å². The SMILES string of the molecule is CN1CN(CCO)CN(CCO)C1.OCCN1CN(CCO)CN(CCO)C1. The van der Waals surface area contributed by atoms with Crippen molar-refractivity contribution in [3.05, 3.63) is 0 Å². The molecule has 0 radical (unpaired) electrons. The van der Waals surface area contributed by atoms with E-state index in [-0.39, 0.29) is 33.0 Å². The second-order valence-corrected chi connectivity index (χ2v) is 7.29. The Kier molecular flexibility index (Phi) is 14.1. The highest BCUT2D eigenvalue weighted by Gasteiger charge is 2.22. The molecule has 2 rings (SSSR count). The molecule has 2 aliphatic heterocycles. The molecule has 0 amide bonds. The lowest BCUT2D eigenvalue weighted by atomic mass is 10.4. The number of rotatable bonds is 10. The van der Waals surface area contributed by atoms with Gasteiger partial charge in [-0.2, -0.15) is 0 Å². The lowest BCUT2D eigenvalue weighted by molar-refractivity contribution is -0.0448. The molecule has 0 unspecified atom stereocenters. The van der Waals surface area contributed by atoms with Crippen LogP contribution in [0.1, 0.15) is 0 Å². The van der Waals surface area contributed by atoms with Crippen LogP contribution in [0.3, 0.4) is 0 Å². The quantitative estimate of drug-likeness (QED) is 0.244. The van der Waals surface area contributed by atoms with Crippen molar-refractivity contribution in [1.82, 2.24) is 29.4 Å². The minimum atomic E-state index is 0.139. The van der Waals surface area contributed by atoms with Gasteiger partial charge in [-0.15, -0.1) is 0 Å². The molecular formula is C17H40N6O5. The van der Waals surface area contributed by atoms with Gasteiger partial charge in [0, 0.05) is 32.7 Å². The lowest BCUT2D eigenvalue weighted by Crippen LogP contribution is -2.56. The van der Waals surface area contributed by atoms with Crippen molar-refractivity contribution in [2.45, 2.75) is 0 Å².